The number of rotatable bonds is 8. The van der Waals surface area contributed by atoms with Crippen LogP contribution < -0.4 is 15.4 Å². The summed E-state index contributed by atoms with van der Waals surface area (Å²) in [7, 11) is 0. The number of benzene rings is 1. The van der Waals surface area contributed by atoms with Crippen LogP contribution in [0.25, 0.3) is 0 Å². The van der Waals surface area contributed by atoms with E-state index in [1.807, 2.05) is 36.1 Å². The summed E-state index contributed by atoms with van der Waals surface area (Å²) < 4.78 is 5.67. The Kier molecular flexibility index (Phi) is 8.91. The van der Waals surface area contributed by atoms with Crippen molar-refractivity contribution in [3.8, 4) is 5.75 Å². The summed E-state index contributed by atoms with van der Waals surface area (Å²) >= 11 is 0. The SMILES string of the molecule is CCNC(=NCc1ccccc1OCC)NCCN1CCN(C(C)=O)CC1. The van der Waals surface area contributed by atoms with E-state index >= 15 is 0 Å². The standard InChI is InChI=1S/C20H33N5O2/c1-4-21-20(23-16-18-8-6-7-9-19(18)27-5-2)22-10-11-24-12-14-25(15-13-24)17(3)26/h6-9H,4-5,10-16H2,1-3H3,(H2,21,22,23). The van der Waals surface area contributed by atoms with E-state index in [0.717, 1.165) is 63.1 Å². The van der Waals surface area contributed by atoms with Crippen LogP contribution in [0.1, 0.15) is 26.3 Å². The van der Waals surface area contributed by atoms with Crippen molar-refractivity contribution in [2.45, 2.75) is 27.3 Å². The number of carbonyl (C=O) groups is 1. The van der Waals surface area contributed by atoms with Crippen LogP contribution in [0.5, 0.6) is 5.75 Å². The maximum atomic E-state index is 11.4. The molecule has 0 spiro atoms. The number of para-hydroxylation sites is 1. The van der Waals surface area contributed by atoms with Gasteiger partial charge < -0.3 is 20.3 Å². The van der Waals surface area contributed by atoms with Crippen LogP contribution in [0.4, 0.5) is 0 Å². The van der Waals surface area contributed by atoms with Crippen LogP contribution in [0.15, 0.2) is 29.3 Å². The average Bonchev–Trinajstić information content (AvgIpc) is 2.67. The van der Waals surface area contributed by atoms with Gasteiger partial charge in [0.25, 0.3) is 0 Å². The lowest BCUT2D eigenvalue weighted by molar-refractivity contribution is -0.130. The van der Waals surface area contributed by atoms with Crippen LogP contribution in [0.2, 0.25) is 0 Å². The second kappa shape index (κ2) is 11.4. The van der Waals surface area contributed by atoms with E-state index in [4.69, 9.17) is 4.74 Å². The van der Waals surface area contributed by atoms with Gasteiger partial charge in [-0.15, -0.1) is 0 Å². The molecule has 7 heteroatoms. The van der Waals surface area contributed by atoms with Crippen molar-refractivity contribution in [1.82, 2.24) is 20.4 Å². The van der Waals surface area contributed by atoms with Gasteiger partial charge in [-0.3, -0.25) is 9.69 Å². The van der Waals surface area contributed by atoms with Gasteiger partial charge in [0.15, 0.2) is 5.96 Å². The first-order valence-electron chi connectivity index (χ1n) is 9.84. The normalized spacial score (nSPS) is 15.5. The Balaban J connectivity index is 1.81. The number of amides is 1. The molecule has 0 aliphatic carbocycles. The zero-order chi connectivity index (χ0) is 19.5. The Hall–Kier alpha value is -2.28. The Morgan fingerprint density at radius 2 is 1.89 bits per heavy atom. The molecule has 1 fully saturated rings. The van der Waals surface area contributed by atoms with Crippen LogP contribution in [-0.4, -0.2) is 74.1 Å². The first-order chi connectivity index (χ1) is 13.1. The van der Waals surface area contributed by atoms with Gasteiger partial charge in [-0.1, -0.05) is 18.2 Å². The van der Waals surface area contributed by atoms with Crippen molar-refractivity contribution in [2.24, 2.45) is 4.99 Å². The summed E-state index contributed by atoms with van der Waals surface area (Å²) in [5.74, 6) is 1.87. The van der Waals surface area contributed by atoms with Gasteiger partial charge in [-0.2, -0.15) is 0 Å². The number of guanidine groups is 1. The Morgan fingerprint density at radius 3 is 2.56 bits per heavy atom. The molecule has 1 aromatic carbocycles. The second-order valence-electron chi connectivity index (χ2n) is 6.51. The lowest BCUT2D eigenvalue weighted by Gasteiger charge is -2.34. The Bertz CT molecular complexity index is 612. The van der Waals surface area contributed by atoms with E-state index in [-0.39, 0.29) is 5.91 Å². The molecule has 1 aromatic rings. The van der Waals surface area contributed by atoms with Crippen molar-refractivity contribution in [3.05, 3.63) is 29.8 Å². The second-order valence-corrected chi connectivity index (χ2v) is 6.51. The molecule has 0 aromatic heterocycles. The van der Waals surface area contributed by atoms with E-state index in [9.17, 15) is 4.79 Å². The molecule has 0 unspecified atom stereocenters. The first-order valence-corrected chi connectivity index (χ1v) is 9.84. The summed E-state index contributed by atoms with van der Waals surface area (Å²) in [6.45, 7) is 13.0. The summed E-state index contributed by atoms with van der Waals surface area (Å²) in [6.07, 6.45) is 0. The van der Waals surface area contributed by atoms with E-state index in [0.29, 0.717) is 13.2 Å². The van der Waals surface area contributed by atoms with Gasteiger partial charge in [0.05, 0.1) is 13.2 Å². The lowest BCUT2D eigenvalue weighted by atomic mass is 10.2. The molecule has 0 atom stereocenters. The molecule has 0 radical (unpaired) electrons. The van der Waals surface area contributed by atoms with Gasteiger partial charge >= 0.3 is 0 Å². The molecule has 1 amide bonds. The van der Waals surface area contributed by atoms with Gasteiger partial charge in [0, 0.05) is 58.3 Å². The third kappa shape index (κ3) is 7.09. The van der Waals surface area contributed by atoms with E-state index in [1.165, 1.54) is 0 Å². The fraction of sp³-hybridized carbons (Fsp3) is 0.600. The largest absolute Gasteiger partial charge is 0.494 e. The summed E-state index contributed by atoms with van der Waals surface area (Å²) in [4.78, 5) is 20.4. The quantitative estimate of drug-likeness (QED) is 0.530. The highest BCUT2D eigenvalue weighted by Crippen LogP contribution is 2.18. The predicted molar refractivity (Wildman–Crippen MR) is 109 cm³/mol. The molecule has 2 rings (SSSR count). The number of nitrogens with one attached hydrogen (secondary N) is 2. The molecule has 7 nitrogen and oxygen atoms in total. The number of nitrogens with zero attached hydrogens (tertiary/aromatic N) is 3. The number of hydrogen-bond donors (Lipinski definition) is 2. The van der Waals surface area contributed by atoms with Gasteiger partial charge in [-0.05, 0) is 19.9 Å². The smallest absolute Gasteiger partial charge is 0.219 e. The van der Waals surface area contributed by atoms with E-state index in [1.54, 1.807) is 6.92 Å². The number of aliphatic imine (C=N–C) groups is 1. The van der Waals surface area contributed by atoms with Crippen molar-refractivity contribution in [3.63, 3.8) is 0 Å². The Morgan fingerprint density at radius 1 is 1.15 bits per heavy atom. The first kappa shape index (κ1) is 21.0. The topological polar surface area (TPSA) is 69.2 Å². The predicted octanol–water partition coefficient (Wildman–Crippen LogP) is 1.30. The Labute approximate surface area is 162 Å². The third-order valence-electron chi connectivity index (χ3n) is 4.56. The molecule has 1 aliphatic rings. The molecule has 1 saturated heterocycles. The number of carbonyl (C=O) groups excluding carboxylic acids is 1. The highest BCUT2D eigenvalue weighted by Gasteiger charge is 2.17. The molecule has 0 saturated carbocycles. The van der Waals surface area contributed by atoms with Crippen LogP contribution in [0, 0.1) is 0 Å². The van der Waals surface area contributed by atoms with Crippen LogP contribution in [0.3, 0.4) is 0 Å². The van der Waals surface area contributed by atoms with E-state index in [2.05, 4.69) is 27.4 Å². The maximum absolute atomic E-state index is 11.4. The van der Waals surface area contributed by atoms with Gasteiger partial charge in [0.1, 0.15) is 5.75 Å². The summed E-state index contributed by atoms with van der Waals surface area (Å²) in [5, 5.41) is 6.69. The molecule has 0 bridgehead atoms. The zero-order valence-electron chi connectivity index (χ0n) is 16.8. The highest BCUT2D eigenvalue weighted by atomic mass is 16.5. The van der Waals surface area contributed by atoms with Crippen molar-refractivity contribution in [1.29, 1.82) is 0 Å². The number of ether oxygens (including phenoxy) is 1. The minimum absolute atomic E-state index is 0.168. The fourth-order valence-electron chi connectivity index (χ4n) is 3.06. The monoisotopic (exact) mass is 375 g/mol. The van der Waals surface area contributed by atoms with Crippen molar-refractivity contribution < 1.29 is 9.53 Å². The number of piperazine rings is 1. The van der Waals surface area contributed by atoms with Crippen LogP contribution >= 0.6 is 0 Å². The third-order valence-corrected chi connectivity index (χ3v) is 4.56. The lowest BCUT2D eigenvalue weighted by Crippen LogP contribution is -2.50. The minimum Gasteiger partial charge on any atom is -0.494 e. The average molecular weight is 376 g/mol. The molecule has 150 valence electrons. The molecule has 27 heavy (non-hydrogen) atoms. The maximum Gasteiger partial charge on any atom is 0.219 e. The molecule has 1 heterocycles. The van der Waals surface area contributed by atoms with Crippen molar-refractivity contribution in [2.75, 3.05) is 52.4 Å². The summed E-state index contributed by atoms with van der Waals surface area (Å²) in [6, 6.07) is 8.02. The van der Waals surface area contributed by atoms with Gasteiger partial charge in [-0.25, -0.2) is 4.99 Å². The zero-order valence-corrected chi connectivity index (χ0v) is 16.8. The molecule has 2 N–H and O–H groups in total. The fourth-order valence-corrected chi connectivity index (χ4v) is 3.06. The van der Waals surface area contributed by atoms with Crippen molar-refractivity contribution >= 4 is 11.9 Å². The van der Waals surface area contributed by atoms with E-state index < -0.39 is 0 Å². The highest BCUT2D eigenvalue weighted by molar-refractivity contribution is 5.79. The molecular formula is C20H33N5O2. The molecule has 1 aliphatic heterocycles. The van der Waals surface area contributed by atoms with Gasteiger partial charge in [0.2, 0.25) is 5.91 Å². The minimum atomic E-state index is 0.168. The van der Waals surface area contributed by atoms with Crippen LogP contribution in [-0.2, 0) is 11.3 Å². The molecular weight excluding hydrogens is 342 g/mol. The number of hydrogen-bond acceptors (Lipinski definition) is 4. The summed E-state index contributed by atoms with van der Waals surface area (Å²) in [5.41, 5.74) is 1.08.